The van der Waals surface area contributed by atoms with Gasteiger partial charge in [0.25, 0.3) is 0 Å². The normalized spacial score (nSPS) is 22.4. The fraction of sp³-hybridized carbons (Fsp3) is 0.619. The monoisotopic (exact) mass is 404 g/mol. The van der Waals surface area contributed by atoms with Gasteiger partial charge in [-0.05, 0) is 36.5 Å². The number of ether oxygens (including phenoxy) is 2. The molecule has 2 fully saturated rings. The first kappa shape index (κ1) is 19.6. The molecule has 28 heavy (non-hydrogen) atoms. The van der Waals surface area contributed by atoms with Gasteiger partial charge in [0.05, 0.1) is 23.9 Å². The van der Waals surface area contributed by atoms with Gasteiger partial charge in [-0.2, -0.15) is 0 Å². The Hall–Kier alpha value is -1.73. The van der Waals surface area contributed by atoms with Crippen molar-refractivity contribution in [2.45, 2.75) is 36.5 Å². The van der Waals surface area contributed by atoms with E-state index in [2.05, 4.69) is 6.07 Å². The maximum atomic E-state index is 12.7. The van der Waals surface area contributed by atoms with Crippen LogP contribution in [-0.2, 0) is 27.2 Å². The van der Waals surface area contributed by atoms with Gasteiger partial charge in [-0.25, -0.2) is 0 Å². The lowest BCUT2D eigenvalue weighted by Gasteiger charge is -2.47. The van der Waals surface area contributed by atoms with Crippen molar-refractivity contribution in [3.05, 3.63) is 29.3 Å². The largest absolute Gasteiger partial charge is 0.493 e. The quantitative estimate of drug-likeness (QED) is 0.748. The molecule has 1 aromatic carbocycles. The van der Waals surface area contributed by atoms with Crippen LogP contribution >= 0.6 is 11.8 Å². The Balaban J connectivity index is 1.25. The van der Waals surface area contributed by atoms with E-state index in [-0.39, 0.29) is 29.3 Å². The van der Waals surface area contributed by atoms with Gasteiger partial charge in [-0.1, -0.05) is 12.1 Å². The number of benzene rings is 1. The van der Waals surface area contributed by atoms with Crippen LogP contribution in [0.4, 0.5) is 0 Å². The van der Waals surface area contributed by atoms with Crippen molar-refractivity contribution >= 4 is 23.6 Å². The molecule has 1 aromatic rings. The first-order valence-corrected chi connectivity index (χ1v) is 10.9. The zero-order chi connectivity index (χ0) is 19.7. The molecule has 2 amide bonds. The molecule has 3 aliphatic rings. The molecular weight excluding hydrogens is 376 g/mol. The summed E-state index contributed by atoms with van der Waals surface area (Å²) < 4.78 is 11.5. The van der Waals surface area contributed by atoms with Gasteiger partial charge in [0.2, 0.25) is 11.8 Å². The third kappa shape index (κ3) is 4.15. The molecule has 3 heterocycles. The average molecular weight is 405 g/mol. The minimum Gasteiger partial charge on any atom is -0.493 e. The molecule has 0 unspecified atom stereocenters. The van der Waals surface area contributed by atoms with Crippen molar-refractivity contribution in [3.63, 3.8) is 0 Å². The summed E-state index contributed by atoms with van der Waals surface area (Å²) in [6.45, 7) is 2.49. The number of thioether (sulfide) groups is 1. The molecule has 7 heteroatoms. The van der Waals surface area contributed by atoms with Crippen LogP contribution < -0.4 is 4.74 Å². The van der Waals surface area contributed by atoms with Gasteiger partial charge in [-0.3, -0.25) is 9.59 Å². The van der Waals surface area contributed by atoms with Crippen LogP contribution in [0.3, 0.4) is 0 Å². The number of carbonyl (C=O) groups excluding carboxylic acids is 2. The number of carbonyl (C=O) groups is 2. The third-order valence-corrected chi connectivity index (χ3v) is 7.33. The van der Waals surface area contributed by atoms with Crippen molar-refractivity contribution in [2.24, 2.45) is 0 Å². The summed E-state index contributed by atoms with van der Waals surface area (Å²) in [6.07, 6.45) is 3.54. The Morgan fingerprint density at radius 3 is 2.96 bits per heavy atom. The number of rotatable bonds is 5. The Bertz CT molecular complexity index is 761. The maximum Gasteiger partial charge on any atom is 0.248 e. The highest BCUT2D eigenvalue weighted by atomic mass is 32.2. The molecule has 0 bridgehead atoms. The fourth-order valence-electron chi connectivity index (χ4n) is 4.08. The van der Waals surface area contributed by atoms with Gasteiger partial charge in [0.15, 0.2) is 0 Å². The summed E-state index contributed by atoms with van der Waals surface area (Å²) in [5.74, 6) is 2.04. The summed E-state index contributed by atoms with van der Waals surface area (Å²) in [4.78, 5) is 27.9. The lowest BCUT2D eigenvalue weighted by atomic mass is 9.92. The second-order valence-electron chi connectivity index (χ2n) is 8.24. The summed E-state index contributed by atoms with van der Waals surface area (Å²) >= 11 is 1.89. The topological polar surface area (TPSA) is 59.1 Å². The Labute approximate surface area is 170 Å². The highest BCUT2D eigenvalue weighted by Gasteiger charge is 2.50. The molecule has 0 radical (unpaired) electrons. The highest BCUT2D eigenvalue weighted by Crippen LogP contribution is 2.46. The molecule has 0 aliphatic carbocycles. The molecule has 1 atom stereocenters. The summed E-state index contributed by atoms with van der Waals surface area (Å²) in [5, 5.41) is 0. The third-order valence-electron chi connectivity index (χ3n) is 5.76. The molecule has 0 saturated carbocycles. The number of likely N-dealkylation sites (tertiary alicyclic amines) is 1. The van der Waals surface area contributed by atoms with Crippen molar-refractivity contribution in [2.75, 3.05) is 46.2 Å². The van der Waals surface area contributed by atoms with Crippen molar-refractivity contribution < 1.29 is 19.1 Å². The molecule has 152 valence electrons. The molecule has 6 nitrogen and oxygen atoms in total. The average Bonchev–Trinajstić information content (AvgIpc) is 3.09. The van der Waals surface area contributed by atoms with E-state index in [9.17, 15) is 9.59 Å². The molecule has 0 N–H and O–H groups in total. The van der Waals surface area contributed by atoms with Crippen LogP contribution in [0.25, 0.3) is 0 Å². The summed E-state index contributed by atoms with van der Waals surface area (Å²) in [6, 6.07) is 6.13. The number of likely N-dealkylation sites (N-methyl/N-ethyl adjacent to an activating group) is 1. The molecule has 0 aromatic heterocycles. The highest BCUT2D eigenvalue weighted by molar-refractivity contribution is 8.01. The van der Waals surface area contributed by atoms with E-state index in [0.717, 1.165) is 56.0 Å². The van der Waals surface area contributed by atoms with Crippen LogP contribution in [0.15, 0.2) is 18.2 Å². The fourth-order valence-corrected chi connectivity index (χ4v) is 5.64. The van der Waals surface area contributed by atoms with Crippen molar-refractivity contribution in [1.82, 2.24) is 9.80 Å². The Kier molecular flexibility index (Phi) is 5.56. The van der Waals surface area contributed by atoms with Crippen LogP contribution in [-0.4, -0.2) is 78.6 Å². The zero-order valence-electron chi connectivity index (χ0n) is 16.6. The minimum absolute atomic E-state index is 0.00758. The standard InChI is InChI=1S/C21H28N2O4S/c1-22(2)20(25)11-27-17-10-21(28-12-17)13-23(14-21)19(24)9-15-5-6-18-16(8-15)4-3-7-26-18/h5-6,8,17H,3-4,7,9-14H2,1-2H3/t17-/m1/s1. The number of hydrogen-bond donors (Lipinski definition) is 0. The second kappa shape index (κ2) is 7.95. The van der Waals surface area contributed by atoms with Gasteiger partial charge >= 0.3 is 0 Å². The van der Waals surface area contributed by atoms with Crippen molar-refractivity contribution in [1.29, 1.82) is 0 Å². The Morgan fingerprint density at radius 2 is 2.18 bits per heavy atom. The number of hydrogen-bond acceptors (Lipinski definition) is 5. The molecule has 1 spiro atoms. The number of fused-ring (bicyclic) bond motifs is 1. The predicted octanol–water partition coefficient (Wildman–Crippen LogP) is 1.75. The van der Waals surface area contributed by atoms with E-state index in [1.807, 2.05) is 28.8 Å². The Morgan fingerprint density at radius 1 is 1.36 bits per heavy atom. The number of nitrogens with zero attached hydrogens (tertiary/aromatic N) is 2. The van der Waals surface area contributed by atoms with E-state index in [0.29, 0.717) is 6.42 Å². The molecule has 4 rings (SSSR count). The van der Waals surface area contributed by atoms with Crippen LogP contribution in [0.5, 0.6) is 5.75 Å². The van der Waals surface area contributed by atoms with Crippen LogP contribution in [0, 0.1) is 0 Å². The van der Waals surface area contributed by atoms with Gasteiger partial charge < -0.3 is 19.3 Å². The maximum absolute atomic E-state index is 12.7. The van der Waals surface area contributed by atoms with Gasteiger partial charge in [0.1, 0.15) is 12.4 Å². The van der Waals surface area contributed by atoms with E-state index < -0.39 is 0 Å². The summed E-state index contributed by atoms with van der Waals surface area (Å²) in [5.41, 5.74) is 2.29. The lowest BCUT2D eigenvalue weighted by Crippen LogP contribution is -2.61. The van der Waals surface area contributed by atoms with Crippen LogP contribution in [0.1, 0.15) is 24.0 Å². The van der Waals surface area contributed by atoms with Crippen LogP contribution in [0.2, 0.25) is 0 Å². The summed E-state index contributed by atoms with van der Waals surface area (Å²) in [7, 11) is 3.48. The predicted molar refractivity (Wildman–Crippen MR) is 109 cm³/mol. The minimum atomic E-state index is -0.00758. The van der Waals surface area contributed by atoms with Gasteiger partial charge in [0, 0.05) is 32.9 Å². The SMILES string of the molecule is CN(C)C(=O)CO[C@H]1CSC2(C1)CN(C(=O)Cc1ccc3c(c1)CCCO3)C2. The molecular formula is C21H28N2O4S. The number of amides is 2. The van der Waals surface area contributed by atoms with E-state index in [1.54, 1.807) is 19.0 Å². The first-order valence-electron chi connectivity index (χ1n) is 9.92. The molecule has 3 aliphatic heterocycles. The van der Waals surface area contributed by atoms with E-state index >= 15 is 0 Å². The van der Waals surface area contributed by atoms with E-state index in [1.165, 1.54) is 5.56 Å². The zero-order valence-corrected chi connectivity index (χ0v) is 17.4. The second-order valence-corrected chi connectivity index (χ2v) is 9.73. The lowest BCUT2D eigenvalue weighted by molar-refractivity contribution is -0.137. The molecule has 2 saturated heterocycles. The smallest absolute Gasteiger partial charge is 0.248 e. The first-order chi connectivity index (χ1) is 13.4. The van der Waals surface area contributed by atoms with Crippen molar-refractivity contribution in [3.8, 4) is 5.75 Å². The van der Waals surface area contributed by atoms with E-state index in [4.69, 9.17) is 9.47 Å². The number of aryl methyl sites for hydroxylation is 1. The van der Waals surface area contributed by atoms with Gasteiger partial charge in [-0.15, -0.1) is 11.8 Å².